The third-order valence-electron chi connectivity index (χ3n) is 5.54. The van der Waals surface area contributed by atoms with E-state index in [0.29, 0.717) is 28.2 Å². The second-order valence-corrected chi connectivity index (χ2v) is 7.52. The summed E-state index contributed by atoms with van der Waals surface area (Å²) in [6.45, 7) is -0.559. The molecular weight excluding hydrogens is 436 g/mol. The van der Waals surface area contributed by atoms with E-state index in [9.17, 15) is 25.2 Å². The SMILES string of the molecule is COc1cc(OC)c2c(=O)c(-c3ccc(O[C@@H]4O[C@@H](CO)[C@@H](O)[C@@H](O)[C@@H]4O)cc3)coc2c1. The highest BCUT2D eigenvalue weighted by Gasteiger charge is 2.44. The Labute approximate surface area is 188 Å². The first-order valence-corrected chi connectivity index (χ1v) is 10.1. The highest BCUT2D eigenvalue weighted by atomic mass is 16.7. The third kappa shape index (κ3) is 4.26. The van der Waals surface area contributed by atoms with Crippen LogP contribution in [0, 0.1) is 0 Å². The van der Waals surface area contributed by atoms with E-state index in [2.05, 4.69) is 0 Å². The summed E-state index contributed by atoms with van der Waals surface area (Å²) in [5, 5.41) is 39.5. The molecule has 1 fully saturated rings. The molecule has 5 atom stereocenters. The summed E-state index contributed by atoms with van der Waals surface area (Å²) in [7, 11) is 2.95. The van der Waals surface area contributed by atoms with Gasteiger partial charge in [0.2, 0.25) is 11.7 Å². The van der Waals surface area contributed by atoms with E-state index in [1.807, 2.05) is 0 Å². The highest BCUT2D eigenvalue weighted by Crippen LogP contribution is 2.32. The minimum Gasteiger partial charge on any atom is -0.496 e. The zero-order valence-electron chi connectivity index (χ0n) is 17.9. The standard InChI is InChI=1S/C23H24O10/c1-29-13-7-15(30-2)18-16(8-13)31-10-14(19(18)25)11-3-5-12(6-4-11)32-23-22(28)21(27)20(26)17(9-24)33-23/h3-8,10,17,20-24,26-28H,9H2,1-2H3/t17-,20+,21+,22-,23+/m0/s1. The van der Waals surface area contributed by atoms with Crippen LogP contribution in [0.1, 0.15) is 0 Å². The Kier molecular flexibility index (Phi) is 6.54. The zero-order valence-corrected chi connectivity index (χ0v) is 17.9. The van der Waals surface area contributed by atoms with Gasteiger partial charge in [-0.15, -0.1) is 0 Å². The molecule has 33 heavy (non-hydrogen) atoms. The molecular formula is C23H24O10. The lowest BCUT2D eigenvalue weighted by Gasteiger charge is -2.39. The maximum atomic E-state index is 13.1. The number of hydrogen-bond donors (Lipinski definition) is 4. The molecule has 0 radical (unpaired) electrons. The molecule has 4 rings (SSSR count). The lowest BCUT2D eigenvalue weighted by atomic mass is 9.99. The van der Waals surface area contributed by atoms with Crippen molar-refractivity contribution in [3.05, 3.63) is 52.9 Å². The normalized spacial score (nSPS) is 25.1. The fraction of sp³-hybridized carbons (Fsp3) is 0.348. The third-order valence-corrected chi connectivity index (χ3v) is 5.54. The van der Waals surface area contributed by atoms with Crippen LogP contribution in [0.3, 0.4) is 0 Å². The van der Waals surface area contributed by atoms with Gasteiger partial charge in [-0.3, -0.25) is 4.79 Å². The molecule has 2 heterocycles. The minimum atomic E-state index is -1.55. The van der Waals surface area contributed by atoms with Crippen molar-refractivity contribution in [2.24, 2.45) is 0 Å². The van der Waals surface area contributed by atoms with Gasteiger partial charge in [-0.25, -0.2) is 0 Å². The predicted molar refractivity (Wildman–Crippen MR) is 115 cm³/mol. The maximum Gasteiger partial charge on any atom is 0.229 e. The van der Waals surface area contributed by atoms with Crippen LogP contribution in [0.2, 0.25) is 0 Å². The van der Waals surface area contributed by atoms with Gasteiger partial charge in [0.25, 0.3) is 0 Å². The van der Waals surface area contributed by atoms with Crippen LogP contribution >= 0.6 is 0 Å². The van der Waals surface area contributed by atoms with Gasteiger partial charge in [-0.05, 0) is 17.7 Å². The second kappa shape index (κ2) is 9.38. The molecule has 1 saturated heterocycles. The number of ether oxygens (including phenoxy) is 4. The minimum absolute atomic E-state index is 0.274. The summed E-state index contributed by atoms with van der Waals surface area (Å²) in [4.78, 5) is 13.1. The van der Waals surface area contributed by atoms with Crippen molar-refractivity contribution in [1.82, 2.24) is 0 Å². The molecule has 0 saturated carbocycles. The Morgan fingerprint density at radius 3 is 2.30 bits per heavy atom. The van der Waals surface area contributed by atoms with E-state index in [1.54, 1.807) is 36.4 Å². The van der Waals surface area contributed by atoms with E-state index in [1.165, 1.54) is 20.5 Å². The van der Waals surface area contributed by atoms with Crippen molar-refractivity contribution in [2.45, 2.75) is 30.7 Å². The Bertz CT molecular complexity index is 1170. The van der Waals surface area contributed by atoms with Gasteiger partial charge in [0.1, 0.15) is 58.9 Å². The van der Waals surface area contributed by atoms with Gasteiger partial charge >= 0.3 is 0 Å². The molecule has 1 aromatic heterocycles. The summed E-state index contributed by atoms with van der Waals surface area (Å²) in [6.07, 6.45) is -5.59. The number of rotatable bonds is 6. The van der Waals surface area contributed by atoms with Gasteiger partial charge in [-0.1, -0.05) is 12.1 Å². The molecule has 2 aromatic carbocycles. The number of benzene rings is 2. The van der Waals surface area contributed by atoms with Gasteiger partial charge < -0.3 is 43.8 Å². The molecule has 4 N–H and O–H groups in total. The summed E-state index contributed by atoms with van der Waals surface area (Å²) >= 11 is 0. The fourth-order valence-corrected chi connectivity index (χ4v) is 3.68. The number of hydrogen-bond acceptors (Lipinski definition) is 10. The number of aliphatic hydroxyl groups is 4. The van der Waals surface area contributed by atoms with Crippen LogP contribution in [0.25, 0.3) is 22.1 Å². The number of fused-ring (bicyclic) bond motifs is 1. The van der Waals surface area contributed by atoms with Crippen molar-refractivity contribution in [2.75, 3.05) is 20.8 Å². The van der Waals surface area contributed by atoms with Crippen LogP contribution in [0.4, 0.5) is 0 Å². The van der Waals surface area contributed by atoms with E-state index in [0.717, 1.165) is 0 Å². The summed E-state index contributed by atoms with van der Waals surface area (Å²) < 4.78 is 27.1. The van der Waals surface area contributed by atoms with Crippen molar-refractivity contribution in [3.8, 4) is 28.4 Å². The summed E-state index contributed by atoms with van der Waals surface area (Å²) in [5.41, 5.74) is 0.871. The van der Waals surface area contributed by atoms with E-state index in [-0.39, 0.29) is 16.6 Å². The smallest absolute Gasteiger partial charge is 0.229 e. The Morgan fingerprint density at radius 1 is 0.939 bits per heavy atom. The van der Waals surface area contributed by atoms with Gasteiger partial charge in [0, 0.05) is 12.1 Å². The van der Waals surface area contributed by atoms with Gasteiger partial charge in [-0.2, -0.15) is 0 Å². The predicted octanol–water partition coefficient (Wildman–Crippen LogP) is 0.656. The van der Waals surface area contributed by atoms with Crippen LogP contribution < -0.4 is 19.6 Å². The molecule has 0 unspecified atom stereocenters. The molecule has 1 aliphatic rings. The largest absolute Gasteiger partial charge is 0.496 e. The van der Waals surface area contributed by atoms with Crippen molar-refractivity contribution in [3.63, 3.8) is 0 Å². The second-order valence-electron chi connectivity index (χ2n) is 7.52. The Balaban J connectivity index is 1.61. The first-order valence-electron chi connectivity index (χ1n) is 10.1. The van der Waals surface area contributed by atoms with Crippen LogP contribution in [0.15, 0.2) is 51.9 Å². The summed E-state index contributed by atoms with van der Waals surface area (Å²) in [6, 6.07) is 9.53. The average Bonchev–Trinajstić information content (AvgIpc) is 2.84. The lowest BCUT2D eigenvalue weighted by molar-refractivity contribution is -0.277. The molecule has 10 heteroatoms. The maximum absolute atomic E-state index is 13.1. The average molecular weight is 460 g/mol. The molecule has 10 nitrogen and oxygen atoms in total. The monoisotopic (exact) mass is 460 g/mol. The first kappa shape index (κ1) is 23.0. The number of aliphatic hydroxyl groups excluding tert-OH is 4. The van der Waals surface area contributed by atoms with E-state index < -0.39 is 37.3 Å². The highest BCUT2D eigenvalue weighted by molar-refractivity contribution is 5.88. The molecule has 0 bridgehead atoms. The Morgan fingerprint density at radius 2 is 1.67 bits per heavy atom. The molecule has 176 valence electrons. The lowest BCUT2D eigenvalue weighted by Crippen LogP contribution is -2.60. The fourth-order valence-electron chi connectivity index (χ4n) is 3.68. The van der Waals surface area contributed by atoms with Crippen LogP contribution in [-0.2, 0) is 4.74 Å². The van der Waals surface area contributed by atoms with Crippen molar-refractivity contribution in [1.29, 1.82) is 0 Å². The quantitative estimate of drug-likeness (QED) is 0.413. The number of methoxy groups -OCH3 is 2. The van der Waals surface area contributed by atoms with Gasteiger partial charge in [0.15, 0.2) is 0 Å². The molecule has 1 aliphatic heterocycles. The molecule has 3 aromatic rings. The van der Waals surface area contributed by atoms with Crippen molar-refractivity contribution < 1.29 is 43.8 Å². The molecule has 0 spiro atoms. The van der Waals surface area contributed by atoms with Gasteiger partial charge in [0.05, 0.1) is 26.4 Å². The van der Waals surface area contributed by atoms with Crippen LogP contribution in [-0.4, -0.2) is 72.0 Å². The van der Waals surface area contributed by atoms with E-state index >= 15 is 0 Å². The Hall–Kier alpha value is -3.15. The first-order chi connectivity index (χ1) is 15.9. The zero-order chi connectivity index (χ0) is 23.7. The molecule has 0 aliphatic carbocycles. The topological polar surface area (TPSA) is 148 Å². The summed E-state index contributed by atoms with van der Waals surface area (Å²) in [5.74, 6) is 1.09. The van der Waals surface area contributed by atoms with E-state index in [4.69, 9.17) is 23.4 Å². The molecule has 0 amide bonds. The van der Waals surface area contributed by atoms with Crippen LogP contribution in [0.5, 0.6) is 17.2 Å². The van der Waals surface area contributed by atoms with Crippen molar-refractivity contribution >= 4 is 11.0 Å².